The van der Waals surface area contributed by atoms with Crippen molar-refractivity contribution in [3.8, 4) is 0 Å². The van der Waals surface area contributed by atoms with E-state index in [1.165, 1.54) is 0 Å². The molecule has 1 fully saturated rings. The van der Waals surface area contributed by atoms with Crippen LogP contribution in [0.2, 0.25) is 0 Å². The van der Waals surface area contributed by atoms with Gasteiger partial charge in [0.2, 0.25) is 5.91 Å². The molecule has 1 rings (SSSR count). The van der Waals surface area contributed by atoms with Gasteiger partial charge in [-0.15, -0.1) is 0 Å². The van der Waals surface area contributed by atoms with E-state index in [0.717, 1.165) is 32.1 Å². The third kappa shape index (κ3) is 3.98. The number of amides is 1. The molecule has 0 spiro atoms. The van der Waals surface area contributed by atoms with Crippen molar-refractivity contribution in [2.75, 3.05) is 6.54 Å². The Morgan fingerprint density at radius 3 is 2.18 bits per heavy atom. The van der Waals surface area contributed by atoms with E-state index in [2.05, 4.69) is 33.0 Å². The van der Waals surface area contributed by atoms with Crippen LogP contribution in [0.15, 0.2) is 0 Å². The molecule has 1 aliphatic carbocycles. The second-order valence-corrected chi connectivity index (χ2v) is 6.19. The lowest BCUT2D eigenvalue weighted by molar-refractivity contribution is -0.124. The number of nitrogens with one attached hydrogen (secondary N) is 1. The summed E-state index contributed by atoms with van der Waals surface area (Å²) in [6.07, 6.45) is 4.38. The van der Waals surface area contributed by atoms with E-state index >= 15 is 0 Å². The second kappa shape index (κ2) is 5.38. The average molecular weight is 241 g/mol. The molecule has 1 amide bonds. The Kier molecular flexibility index (Phi) is 4.59. The zero-order valence-corrected chi connectivity index (χ0v) is 11.7. The number of aliphatic hydroxyl groups is 1. The SMILES string of the molecule is CCCC(O)(CCC)CNC(=O)[C@H]1CC1(C)C. The summed E-state index contributed by atoms with van der Waals surface area (Å²) >= 11 is 0. The van der Waals surface area contributed by atoms with Gasteiger partial charge in [0.15, 0.2) is 0 Å². The fourth-order valence-electron chi connectivity index (χ4n) is 2.52. The molecule has 3 heteroatoms. The van der Waals surface area contributed by atoms with E-state index in [0.29, 0.717) is 6.54 Å². The van der Waals surface area contributed by atoms with Crippen molar-refractivity contribution >= 4 is 5.91 Å². The van der Waals surface area contributed by atoms with E-state index in [9.17, 15) is 9.90 Å². The minimum Gasteiger partial charge on any atom is -0.388 e. The summed E-state index contributed by atoms with van der Waals surface area (Å²) in [5.41, 5.74) is -0.546. The monoisotopic (exact) mass is 241 g/mol. The zero-order valence-electron chi connectivity index (χ0n) is 11.7. The highest BCUT2D eigenvalue weighted by Crippen LogP contribution is 2.51. The average Bonchev–Trinajstić information content (AvgIpc) is 2.85. The van der Waals surface area contributed by atoms with E-state index < -0.39 is 5.60 Å². The van der Waals surface area contributed by atoms with E-state index in [1.807, 2.05) is 0 Å². The fourth-order valence-corrected chi connectivity index (χ4v) is 2.52. The van der Waals surface area contributed by atoms with Gasteiger partial charge in [-0.25, -0.2) is 0 Å². The van der Waals surface area contributed by atoms with Crippen molar-refractivity contribution in [2.45, 2.75) is 65.4 Å². The van der Waals surface area contributed by atoms with Crippen LogP contribution in [-0.2, 0) is 4.79 Å². The number of carbonyl (C=O) groups is 1. The van der Waals surface area contributed by atoms with Gasteiger partial charge >= 0.3 is 0 Å². The van der Waals surface area contributed by atoms with Gasteiger partial charge in [-0.3, -0.25) is 4.79 Å². The maximum Gasteiger partial charge on any atom is 0.223 e. The maximum atomic E-state index is 11.9. The summed E-state index contributed by atoms with van der Waals surface area (Å²) in [4.78, 5) is 11.9. The summed E-state index contributed by atoms with van der Waals surface area (Å²) in [6, 6.07) is 0. The summed E-state index contributed by atoms with van der Waals surface area (Å²) < 4.78 is 0. The molecule has 0 heterocycles. The molecule has 0 saturated heterocycles. The Bertz CT molecular complexity index is 267. The third-order valence-electron chi connectivity index (χ3n) is 3.85. The lowest BCUT2D eigenvalue weighted by Gasteiger charge is -2.27. The molecule has 1 atom stereocenters. The van der Waals surface area contributed by atoms with Gasteiger partial charge in [-0.05, 0) is 24.7 Å². The smallest absolute Gasteiger partial charge is 0.223 e. The summed E-state index contributed by atoms with van der Waals surface area (Å²) in [5, 5.41) is 13.3. The van der Waals surface area contributed by atoms with E-state index in [-0.39, 0.29) is 17.2 Å². The van der Waals surface area contributed by atoms with Crippen LogP contribution in [-0.4, -0.2) is 23.2 Å². The third-order valence-corrected chi connectivity index (χ3v) is 3.85. The predicted molar refractivity (Wildman–Crippen MR) is 69.7 cm³/mol. The molecular weight excluding hydrogens is 214 g/mol. The van der Waals surface area contributed by atoms with E-state index in [1.54, 1.807) is 0 Å². The predicted octanol–water partition coefficient (Wildman–Crippen LogP) is 2.48. The number of carbonyl (C=O) groups excluding carboxylic acids is 1. The van der Waals surface area contributed by atoms with Gasteiger partial charge < -0.3 is 10.4 Å². The molecule has 0 unspecified atom stereocenters. The fraction of sp³-hybridized carbons (Fsp3) is 0.929. The molecule has 0 aromatic carbocycles. The van der Waals surface area contributed by atoms with Crippen molar-refractivity contribution in [3.63, 3.8) is 0 Å². The summed E-state index contributed by atoms with van der Waals surface area (Å²) in [7, 11) is 0. The largest absolute Gasteiger partial charge is 0.388 e. The standard InChI is InChI=1S/C14H27NO2/c1-5-7-14(17,8-6-2)10-15-12(16)11-9-13(11,3)4/h11,17H,5-10H2,1-4H3,(H,15,16)/t11-/m1/s1. The molecule has 100 valence electrons. The van der Waals surface area contributed by atoms with Gasteiger partial charge in [-0.2, -0.15) is 0 Å². The Hall–Kier alpha value is -0.570. The molecule has 1 saturated carbocycles. The first-order valence-corrected chi connectivity index (χ1v) is 6.85. The molecule has 0 radical (unpaired) electrons. The van der Waals surface area contributed by atoms with Crippen LogP contribution in [0.4, 0.5) is 0 Å². The molecule has 0 aromatic heterocycles. The van der Waals surface area contributed by atoms with Crippen LogP contribution >= 0.6 is 0 Å². The number of rotatable bonds is 7. The molecule has 0 aromatic rings. The first kappa shape index (κ1) is 14.5. The first-order valence-electron chi connectivity index (χ1n) is 6.85. The van der Waals surface area contributed by atoms with Crippen LogP contribution in [0.5, 0.6) is 0 Å². The molecule has 0 aliphatic heterocycles. The van der Waals surface area contributed by atoms with Gasteiger partial charge in [0, 0.05) is 12.5 Å². The first-order chi connectivity index (χ1) is 7.84. The highest BCUT2D eigenvalue weighted by Gasteiger charge is 2.50. The van der Waals surface area contributed by atoms with Crippen LogP contribution < -0.4 is 5.32 Å². The Morgan fingerprint density at radius 2 is 1.82 bits per heavy atom. The van der Waals surface area contributed by atoms with Crippen molar-refractivity contribution < 1.29 is 9.90 Å². The molecule has 0 bridgehead atoms. The minimum absolute atomic E-state index is 0.112. The van der Waals surface area contributed by atoms with Gasteiger partial charge in [0.25, 0.3) is 0 Å². The highest BCUT2D eigenvalue weighted by atomic mass is 16.3. The Morgan fingerprint density at radius 1 is 1.35 bits per heavy atom. The molecule has 3 nitrogen and oxygen atoms in total. The molecular formula is C14H27NO2. The lowest BCUT2D eigenvalue weighted by atomic mass is 9.92. The quantitative estimate of drug-likeness (QED) is 0.719. The second-order valence-electron chi connectivity index (χ2n) is 6.19. The number of hydrogen-bond donors (Lipinski definition) is 2. The normalized spacial score (nSPS) is 22.3. The number of hydrogen-bond acceptors (Lipinski definition) is 2. The van der Waals surface area contributed by atoms with E-state index in [4.69, 9.17) is 0 Å². The molecule has 2 N–H and O–H groups in total. The summed E-state index contributed by atoms with van der Waals surface area (Å²) in [5.74, 6) is 0.260. The van der Waals surface area contributed by atoms with Crippen molar-refractivity contribution in [1.29, 1.82) is 0 Å². The topological polar surface area (TPSA) is 49.3 Å². The Balaban J connectivity index is 2.39. The zero-order chi connectivity index (χ0) is 13.1. The highest BCUT2D eigenvalue weighted by molar-refractivity contribution is 5.82. The van der Waals surface area contributed by atoms with Crippen LogP contribution in [0, 0.1) is 11.3 Å². The summed E-state index contributed by atoms with van der Waals surface area (Å²) in [6.45, 7) is 8.75. The van der Waals surface area contributed by atoms with Crippen molar-refractivity contribution in [2.24, 2.45) is 11.3 Å². The maximum absolute atomic E-state index is 11.9. The van der Waals surface area contributed by atoms with Crippen molar-refractivity contribution in [1.82, 2.24) is 5.32 Å². The van der Waals surface area contributed by atoms with Gasteiger partial charge in [0.05, 0.1) is 5.60 Å². The minimum atomic E-state index is -0.710. The molecule has 17 heavy (non-hydrogen) atoms. The van der Waals surface area contributed by atoms with Crippen molar-refractivity contribution in [3.05, 3.63) is 0 Å². The van der Waals surface area contributed by atoms with Gasteiger partial charge in [-0.1, -0.05) is 40.5 Å². The Labute approximate surface area is 105 Å². The van der Waals surface area contributed by atoms with Gasteiger partial charge in [0.1, 0.15) is 0 Å². The van der Waals surface area contributed by atoms with Crippen LogP contribution in [0.1, 0.15) is 59.8 Å². The van der Waals surface area contributed by atoms with Crippen LogP contribution in [0.25, 0.3) is 0 Å². The molecule has 1 aliphatic rings. The van der Waals surface area contributed by atoms with Crippen LogP contribution in [0.3, 0.4) is 0 Å². The lowest BCUT2D eigenvalue weighted by Crippen LogP contribution is -2.43.